The molecule has 0 heterocycles. The molecule has 0 atom stereocenters. The Balaban J connectivity index is 2.17. The van der Waals surface area contributed by atoms with Gasteiger partial charge < -0.3 is 10.4 Å². The Morgan fingerprint density at radius 1 is 1.56 bits per heavy atom. The van der Waals surface area contributed by atoms with Crippen molar-refractivity contribution in [3.63, 3.8) is 0 Å². The number of hydrogen-bond acceptors (Lipinski definition) is 2. The molecule has 0 radical (unpaired) electrons. The molecule has 0 spiro atoms. The summed E-state index contributed by atoms with van der Waals surface area (Å²) in [5.74, 6) is -0.106. The Bertz CT molecular complexity index is 427. The van der Waals surface area contributed by atoms with Gasteiger partial charge in [0.1, 0.15) is 0 Å². The van der Waals surface area contributed by atoms with Crippen LogP contribution in [0.1, 0.15) is 28.8 Å². The van der Waals surface area contributed by atoms with Crippen LogP contribution < -0.4 is 5.32 Å². The van der Waals surface area contributed by atoms with Crippen molar-refractivity contribution in [2.24, 2.45) is 0 Å². The molecule has 3 nitrogen and oxygen atoms in total. The predicted molar refractivity (Wildman–Crippen MR) is 65.4 cm³/mol. The Hall–Kier alpha value is -0.870. The van der Waals surface area contributed by atoms with Gasteiger partial charge in [0, 0.05) is 10.0 Å². The molecule has 1 fully saturated rings. The van der Waals surface area contributed by atoms with E-state index in [2.05, 4.69) is 21.2 Å². The quantitative estimate of drug-likeness (QED) is 0.892. The molecule has 1 saturated carbocycles. The van der Waals surface area contributed by atoms with Gasteiger partial charge in [-0.05, 0) is 37.5 Å². The minimum Gasteiger partial charge on any atom is -0.394 e. The maximum absolute atomic E-state index is 12.0. The summed E-state index contributed by atoms with van der Waals surface area (Å²) in [4.78, 5) is 12.0. The van der Waals surface area contributed by atoms with Crippen molar-refractivity contribution >= 4 is 21.8 Å². The third-order valence-electron chi connectivity index (χ3n) is 2.98. The molecule has 0 aliphatic heterocycles. The highest BCUT2D eigenvalue weighted by Crippen LogP contribution is 2.35. The topological polar surface area (TPSA) is 49.3 Å². The van der Waals surface area contributed by atoms with Crippen LogP contribution in [0.5, 0.6) is 0 Å². The van der Waals surface area contributed by atoms with Gasteiger partial charge in [-0.1, -0.05) is 22.0 Å². The van der Waals surface area contributed by atoms with Crippen LogP contribution >= 0.6 is 15.9 Å². The second kappa shape index (κ2) is 4.18. The van der Waals surface area contributed by atoms with Crippen molar-refractivity contribution in [3.8, 4) is 0 Å². The highest BCUT2D eigenvalue weighted by atomic mass is 79.9. The predicted octanol–water partition coefficient (Wildman–Crippen LogP) is 2.01. The van der Waals surface area contributed by atoms with E-state index in [0.717, 1.165) is 22.9 Å². The molecule has 1 amide bonds. The lowest BCUT2D eigenvalue weighted by atomic mass is 10.1. The van der Waals surface area contributed by atoms with E-state index in [-0.39, 0.29) is 18.1 Å². The first-order valence-corrected chi connectivity index (χ1v) is 6.05. The molecule has 0 saturated heterocycles. The Morgan fingerprint density at radius 3 is 2.81 bits per heavy atom. The van der Waals surface area contributed by atoms with Crippen LogP contribution in [0.4, 0.5) is 0 Å². The Morgan fingerprint density at radius 2 is 2.25 bits per heavy atom. The van der Waals surface area contributed by atoms with Gasteiger partial charge in [0.05, 0.1) is 12.1 Å². The van der Waals surface area contributed by atoms with Gasteiger partial charge in [0.15, 0.2) is 0 Å². The lowest BCUT2D eigenvalue weighted by Gasteiger charge is -2.15. The number of aliphatic hydroxyl groups is 1. The van der Waals surface area contributed by atoms with Crippen LogP contribution in [-0.2, 0) is 0 Å². The third-order valence-corrected chi connectivity index (χ3v) is 3.47. The van der Waals surface area contributed by atoms with Crippen LogP contribution in [0.15, 0.2) is 22.7 Å². The second-order valence-corrected chi connectivity index (χ2v) is 5.27. The number of carbonyl (C=O) groups is 1. The van der Waals surface area contributed by atoms with E-state index in [1.807, 2.05) is 19.1 Å². The molecule has 1 aromatic carbocycles. The summed E-state index contributed by atoms with van der Waals surface area (Å²) in [6, 6.07) is 5.61. The third kappa shape index (κ3) is 2.28. The minimum atomic E-state index is -0.355. The first-order chi connectivity index (χ1) is 7.56. The summed E-state index contributed by atoms with van der Waals surface area (Å²) in [5.41, 5.74) is 1.25. The highest BCUT2D eigenvalue weighted by Gasteiger charge is 2.43. The van der Waals surface area contributed by atoms with Crippen molar-refractivity contribution in [1.82, 2.24) is 5.32 Å². The van der Waals surface area contributed by atoms with Crippen LogP contribution in [-0.4, -0.2) is 23.2 Å². The maximum atomic E-state index is 12.0. The Kier molecular flexibility index (Phi) is 3.04. The number of nitrogens with one attached hydrogen (secondary N) is 1. The van der Waals surface area contributed by atoms with Gasteiger partial charge in [-0.15, -0.1) is 0 Å². The number of aryl methyl sites for hydroxylation is 1. The molecular formula is C12H14BrNO2. The molecule has 1 aromatic rings. The summed E-state index contributed by atoms with van der Waals surface area (Å²) in [5, 5.41) is 12.0. The lowest BCUT2D eigenvalue weighted by Crippen LogP contribution is -2.39. The van der Waals surface area contributed by atoms with Gasteiger partial charge in [0.25, 0.3) is 5.91 Å². The van der Waals surface area contributed by atoms with Gasteiger partial charge in [-0.2, -0.15) is 0 Å². The molecule has 1 aliphatic rings. The fourth-order valence-corrected chi connectivity index (χ4v) is 1.98. The fourth-order valence-electron chi connectivity index (χ4n) is 1.62. The average Bonchev–Trinajstić information content (AvgIpc) is 3.02. The molecule has 0 aromatic heterocycles. The molecule has 1 aliphatic carbocycles. The van der Waals surface area contributed by atoms with E-state index in [0.29, 0.717) is 5.56 Å². The molecule has 0 bridgehead atoms. The van der Waals surface area contributed by atoms with Crippen molar-refractivity contribution in [3.05, 3.63) is 33.8 Å². The lowest BCUT2D eigenvalue weighted by molar-refractivity contribution is 0.0906. The highest BCUT2D eigenvalue weighted by molar-refractivity contribution is 9.10. The van der Waals surface area contributed by atoms with Gasteiger partial charge in [-0.3, -0.25) is 4.79 Å². The number of hydrogen-bond donors (Lipinski definition) is 2. The van der Waals surface area contributed by atoms with Crippen LogP contribution in [0.2, 0.25) is 0 Å². The van der Waals surface area contributed by atoms with Crippen molar-refractivity contribution in [1.29, 1.82) is 0 Å². The minimum absolute atomic E-state index is 0.0196. The number of carbonyl (C=O) groups excluding carboxylic acids is 1. The molecule has 2 rings (SSSR count). The number of aliphatic hydroxyl groups excluding tert-OH is 1. The molecular weight excluding hydrogens is 270 g/mol. The zero-order valence-corrected chi connectivity index (χ0v) is 10.7. The van der Waals surface area contributed by atoms with E-state index in [1.54, 1.807) is 6.07 Å². The average molecular weight is 284 g/mol. The van der Waals surface area contributed by atoms with E-state index in [9.17, 15) is 4.79 Å². The zero-order valence-electron chi connectivity index (χ0n) is 9.09. The Labute approximate surface area is 103 Å². The molecule has 0 unspecified atom stereocenters. The van der Waals surface area contributed by atoms with E-state index < -0.39 is 0 Å². The van der Waals surface area contributed by atoms with Crippen molar-refractivity contribution in [2.45, 2.75) is 25.3 Å². The summed E-state index contributed by atoms with van der Waals surface area (Å²) >= 11 is 3.35. The molecule has 86 valence electrons. The monoisotopic (exact) mass is 283 g/mol. The van der Waals surface area contributed by atoms with Gasteiger partial charge >= 0.3 is 0 Å². The SMILES string of the molecule is Cc1ccc(Br)cc1C(=O)NC1(CO)CC1. The first kappa shape index (κ1) is 11.6. The summed E-state index contributed by atoms with van der Waals surface area (Å²) in [6.45, 7) is 1.92. The fraction of sp³-hybridized carbons (Fsp3) is 0.417. The van der Waals surface area contributed by atoms with Crippen molar-refractivity contribution in [2.75, 3.05) is 6.61 Å². The van der Waals surface area contributed by atoms with E-state index >= 15 is 0 Å². The van der Waals surface area contributed by atoms with Gasteiger partial charge in [0.2, 0.25) is 0 Å². The summed E-state index contributed by atoms with van der Waals surface area (Å²) < 4.78 is 0.886. The maximum Gasteiger partial charge on any atom is 0.252 e. The smallest absolute Gasteiger partial charge is 0.252 e. The standard InChI is InChI=1S/C12H14BrNO2/c1-8-2-3-9(13)6-10(8)11(16)14-12(7-15)4-5-12/h2-3,6,15H,4-5,7H2,1H3,(H,14,16). The first-order valence-electron chi connectivity index (χ1n) is 5.26. The van der Waals surface area contributed by atoms with Crippen LogP contribution in [0.25, 0.3) is 0 Å². The van der Waals surface area contributed by atoms with Gasteiger partial charge in [-0.25, -0.2) is 0 Å². The summed E-state index contributed by atoms with van der Waals surface area (Å²) in [6.07, 6.45) is 1.73. The van der Waals surface area contributed by atoms with Crippen LogP contribution in [0, 0.1) is 6.92 Å². The second-order valence-electron chi connectivity index (χ2n) is 4.35. The number of halogens is 1. The van der Waals surface area contributed by atoms with Crippen molar-refractivity contribution < 1.29 is 9.90 Å². The molecule has 4 heteroatoms. The largest absolute Gasteiger partial charge is 0.394 e. The number of benzene rings is 1. The molecule has 2 N–H and O–H groups in total. The van der Waals surface area contributed by atoms with Crippen LogP contribution in [0.3, 0.4) is 0 Å². The summed E-state index contributed by atoms with van der Waals surface area (Å²) in [7, 11) is 0. The van der Waals surface area contributed by atoms with E-state index in [4.69, 9.17) is 5.11 Å². The zero-order chi connectivity index (χ0) is 11.8. The number of amides is 1. The number of rotatable bonds is 3. The molecule has 16 heavy (non-hydrogen) atoms. The van der Waals surface area contributed by atoms with E-state index in [1.165, 1.54) is 0 Å². The normalized spacial score (nSPS) is 16.9.